The van der Waals surface area contributed by atoms with Gasteiger partial charge >= 0.3 is 5.97 Å². The first-order chi connectivity index (χ1) is 12.0. The van der Waals surface area contributed by atoms with Gasteiger partial charge in [0.15, 0.2) is 0 Å². The average Bonchev–Trinajstić information content (AvgIpc) is 2.81. The van der Waals surface area contributed by atoms with Gasteiger partial charge < -0.3 is 15.3 Å². The highest BCUT2D eigenvalue weighted by Crippen LogP contribution is 2.33. The molecule has 0 unspecified atom stereocenters. The second-order valence-electron chi connectivity index (χ2n) is 6.87. The van der Waals surface area contributed by atoms with Crippen LogP contribution in [0.15, 0.2) is 24.3 Å². The number of carbonyl (C=O) groups is 2. The Balaban J connectivity index is 2.49. The topological polar surface area (TPSA) is 94.8 Å². The van der Waals surface area contributed by atoms with Gasteiger partial charge in [-0.3, -0.25) is 9.59 Å². The minimum atomic E-state index is -0.879. The monoisotopic (exact) mass is 352 g/mol. The van der Waals surface area contributed by atoms with Crippen LogP contribution >= 0.6 is 0 Å². The van der Waals surface area contributed by atoms with E-state index in [4.69, 9.17) is 5.11 Å². The van der Waals surface area contributed by atoms with E-state index in [-0.39, 0.29) is 30.5 Å². The van der Waals surface area contributed by atoms with Gasteiger partial charge in [0.1, 0.15) is 5.78 Å². The Morgan fingerprint density at radius 1 is 1.28 bits per heavy atom. The van der Waals surface area contributed by atoms with Crippen LogP contribution in [-0.2, 0) is 9.59 Å². The number of aliphatic hydroxyl groups is 2. The minimum Gasteiger partial charge on any atom is -0.481 e. The highest BCUT2D eigenvalue weighted by molar-refractivity contribution is 5.86. The fourth-order valence-electron chi connectivity index (χ4n) is 3.22. The lowest BCUT2D eigenvalue weighted by Crippen LogP contribution is -2.19. The third-order valence-corrected chi connectivity index (χ3v) is 4.72. The van der Waals surface area contributed by atoms with E-state index < -0.39 is 18.2 Å². The highest BCUT2D eigenvalue weighted by atomic mass is 16.4. The highest BCUT2D eigenvalue weighted by Gasteiger charge is 2.39. The summed E-state index contributed by atoms with van der Waals surface area (Å²) in [5.41, 5.74) is 0. The lowest BCUT2D eigenvalue weighted by molar-refractivity contribution is -0.137. The Hall–Kier alpha value is -1.46. The molecule has 1 aliphatic carbocycles. The molecule has 142 valence electrons. The summed E-state index contributed by atoms with van der Waals surface area (Å²) in [6.45, 7) is 2.16. The van der Waals surface area contributed by atoms with Crippen molar-refractivity contribution in [2.24, 2.45) is 11.8 Å². The zero-order valence-corrected chi connectivity index (χ0v) is 15.1. The van der Waals surface area contributed by atoms with Gasteiger partial charge in [-0.1, -0.05) is 44.1 Å². The Bertz CT molecular complexity index is 469. The van der Waals surface area contributed by atoms with Crippen molar-refractivity contribution in [1.82, 2.24) is 0 Å². The molecule has 0 saturated heterocycles. The number of allylic oxidation sites excluding steroid dienone is 3. The first kappa shape index (κ1) is 21.6. The molecule has 3 N–H and O–H groups in total. The molecule has 0 heterocycles. The number of aliphatic carboxylic acids is 1. The van der Waals surface area contributed by atoms with Crippen LogP contribution in [0.3, 0.4) is 0 Å². The third kappa shape index (κ3) is 8.45. The van der Waals surface area contributed by atoms with E-state index in [2.05, 4.69) is 13.0 Å². The summed E-state index contributed by atoms with van der Waals surface area (Å²) in [6, 6.07) is 0. The lowest BCUT2D eigenvalue weighted by Gasteiger charge is -2.17. The maximum absolute atomic E-state index is 12.1. The summed E-state index contributed by atoms with van der Waals surface area (Å²) in [4.78, 5) is 22.6. The molecule has 0 radical (unpaired) electrons. The number of hydrogen-bond donors (Lipinski definition) is 3. The van der Waals surface area contributed by atoms with Crippen LogP contribution in [0.2, 0.25) is 0 Å². The molecule has 0 aromatic heterocycles. The molecule has 0 aromatic rings. The van der Waals surface area contributed by atoms with Crippen LogP contribution in [0.25, 0.3) is 0 Å². The van der Waals surface area contributed by atoms with E-state index in [0.717, 1.165) is 12.8 Å². The zero-order valence-electron chi connectivity index (χ0n) is 15.1. The Kier molecular flexibility index (Phi) is 10.3. The summed E-state index contributed by atoms with van der Waals surface area (Å²) < 4.78 is 0. The van der Waals surface area contributed by atoms with E-state index in [1.54, 1.807) is 12.2 Å². The first-order valence-electron chi connectivity index (χ1n) is 9.39. The predicted molar refractivity (Wildman–Crippen MR) is 97.1 cm³/mol. The normalized spacial score (nSPS) is 25.2. The Morgan fingerprint density at radius 3 is 2.72 bits per heavy atom. The fourth-order valence-corrected chi connectivity index (χ4v) is 3.22. The van der Waals surface area contributed by atoms with Gasteiger partial charge in [-0.2, -0.15) is 0 Å². The van der Waals surface area contributed by atoms with Crippen molar-refractivity contribution >= 4 is 11.8 Å². The number of Topliss-reactive ketones (excluding diaryl/α,β-unsaturated/α-hetero) is 1. The molecular formula is C20H32O5. The van der Waals surface area contributed by atoms with Crippen LogP contribution < -0.4 is 0 Å². The van der Waals surface area contributed by atoms with Crippen LogP contribution in [0.5, 0.6) is 0 Å². The number of carboxylic acid groups (broad SMARTS) is 1. The zero-order chi connectivity index (χ0) is 18.7. The van der Waals surface area contributed by atoms with Crippen molar-refractivity contribution in [1.29, 1.82) is 0 Å². The smallest absolute Gasteiger partial charge is 0.303 e. The van der Waals surface area contributed by atoms with Gasteiger partial charge in [-0.15, -0.1) is 0 Å². The number of unbranched alkanes of at least 4 members (excludes halogenated alkanes) is 3. The van der Waals surface area contributed by atoms with E-state index in [1.807, 2.05) is 6.08 Å². The molecule has 0 aromatic carbocycles. The van der Waals surface area contributed by atoms with Gasteiger partial charge in [-0.05, 0) is 32.1 Å². The van der Waals surface area contributed by atoms with E-state index in [1.165, 1.54) is 12.8 Å². The average molecular weight is 352 g/mol. The number of carboxylic acids is 1. The van der Waals surface area contributed by atoms with Crippen LogP contribution in [0, 0.1) is 11.8 Å². The van der Waals surface area contributed by atoms with Crippen molar-refractivity contribution in [2.45, 2.75) is 76.9 Å². The van der Waals surface area contributed by atoms with Crippen LogP contribution in [-0.4, -0.2) is 39.3 Å². The Labute approximate surface area is 150 Å². The van der Waals surface area contributed by atoms with Crippen LogP contribution in [0.4, 0.5) is 0 Å². The second kappa shape index (κ2) is 12.0. The summed E-state index contributed by atoms with van der Waals surface area (Å²) in [6.07, 6.45) is 12.2. The first-order valence-corrected chi connectivity index (χ1v) is 9.39. The molecule has 25 heavy (non-hydrogen) atoms. The molecular weight excluding hydrogens is 320 g/mol. The van der Waals surface area contributed by atoms with Crippen molar-refractivity contribution in [2.75, 3.05) is 0 Å². The quantitative estimate of drug-likeness (QED) is 0.370. The number of ketones is 1. The van der Waals surface area contributed by atoms with Crippen molar-refractivity contribution < 1.29 is 24.9 Å². The molecule has 1 rings (SSSR count). The van der Waals surface area contributed by atoms with Gasteiger partial charge in [0.05, 0.1) is 12.2 Å². The van der Waals surface area contributed by atoms with Crippen molar-refractivity contribution in [3.63, 3.8) is 0 Å². The molecule has 1 saturated carbocycles. The lowest BCUT2D eigenvalue weighted by atomic mass is 9.90. The molecule has 0 spiro atoms. The number of carbonyl (C=O) groups excluding carboxylic acids is 1. The molecule has 0 amide bonds. The standard InChI is InChI=1S/C20H32O5/c1-2-3-4-5-6-7-10-16-17(19(23)14-18(16)22)13-12-15(21)9-8-11-20(24)25/h6-7,12-13,15-18,21-22H,2-5,8-11,14H2,1H3,(H,24,25)/b7-6-,13-12+/t15-,16-,17+,18+/m1/s1. The molecule has 5 nitrogen and oxygen atoms in total. The minimum absolute atomic E-state index is 0.00543. The fraction of sp³-hybridized carbons (Fsp3) is 0.700. The second-order valence-corrected chi connectivity index (χ2v) is 6.87. The predicted octanol–water partition coefficient (Wildman–Crippen LogP) is 3.25. The van der Waals surface area contributed by atoms with Crippen LogP contribution in [0.1, 0.15) is 64.7 Å². The molecule has 0 aliphatic heterocycles. The molecule has 4 atom stereocenters. The van der Waals surface area contributed by atoms with E-state index in [0.29, 0.717) is 19.3 Å². The number of hydrogen-bond acceptors (Lipinski definition) is 4. The Morgan fingerprint density at radius 2 is 2.04 bits per heavy atom. The van der Waals surface area contributed by atoms with Crippen molar-refractivity contribution in [3.8, 4) is 0 Å². The summed E-state index contributed by atoms with van der Waals surface area (Å²) >= 11 is 0. The number of aliphatic hydroxyl groups excluding tert-OH is 2. The number of rotatable bonds is 12. The maximum atomic E-state index is 12.1. The SMILES string of the molecule is CCCCC/C=C\C[C@@H]1[C@H](/C=C/[C@H](O)CCCC(=O)O)C(=O)C[C@@H]1O. The maximum Gasteiger partial charge on any atom is 0.303 e. The van der Waals surface area contributed by atoms with E-state index in [9.17, 15) is 19.8 Å². The van der Waals surface area contributed by atoms with Gasteiger partial charge in [0, 0.05) is 24.7 Å². The molecule has 1 fully saturated rings. The van der Waals surface area contributed by atoms with Gasteiger partial charge in [0.2, 0.25) is 0 Å². The van der Waals surface area contributed by atoms with E-state index >= 15 is 0 Å². The third-order valence-electron chi connectivity index (χ3n) is 4.72. The molecule has 0 bridgehead atoms. The molecule has 1 aliphatic rings. The summed E-state index contributed by atoms with van der Waals surface area (Å²) in [7, 11) is 0. The summed E-state index contributed by atoms with van der Waals surface area (Å²) in [5, 5.41) is 28.6. The van der Waals surface area contributed by atoms with Gasteiger partial charge in [-0.25, -0.2) is 0 Å². The largest absolute Gasteiger partial charge is 0.481 e. The summed E-state index contributed by atoms with van der Waals surface area (Å²) in [5.74, 6) is -1.39. The van der Waals surface area contributed by atoms with Gasteiger partial charge in [0.25, 0.3) is 0 Å². The van der Waals surface area contributed by atoms with Crippen molar-refractivity contribution in [3.05, 3.63) is 24.3 Å². The molecule has 5 heteroatoms.